The van der Waals surface area contributed by atoms with Gasteiger partial charge in [-0.1, -0.05) is 27.5 Å². The molecule has 1 aliphatic rings. The summed E-state index contributed by atoms with van der Waals surface area (Å²) in [6, 6.07) is 9.83. The Morgan fingerprint density at radius 2 is 1.97 bits per heavy atom. The van der Waals surface area contributed by atoms with Gasteiger partial charge in [0.2, 0.25) is 5.75 Å². The van der Waals surface area contributed by atoms with Crippen LogP contribution in [0.15, 0.2) is 47.2 Å². The lowest BCUT2D eigenvalue weighted by atomic mass is 10.1. The monoisotopic (exact) mass is 526 g/mol. The maximum Gasteiger partial charge on any atom is 0.362 e. The number of quaternary nitrogens is 1. The van der Waals surface area contributed by atoms with Gasteiger partial charge in [0.05, 0.1) is 29.0 Å². The van der Waals surface area contributed by atoms with Crippen LogP contribution in [0.1, 0.15) is 30.7 Å². The van der Waals surface area contributed by atoms with Gasteiger partial charge >= 0.3 is 5.91 Å². The molecule has 1 aliphatic heterocycles. The van der Waals surface area contributed by atoms with E-state index in [9.17, 15) is 9.18 Å². The normalized spacial score (nSPS) is 14.9. The summed E-state index contributed by atoms with van der Waals surface area (Å²) in [4.78, 5) is 28.7. The number of rotatable bonds is 7. The number of carbonyl (C=O) groups is 1. The Morgan fingerprint density at radius 1 is 1.16 bits per heavy atom. The number of ether oxygens (including phenoxy) is 1. The van der Waals surface area contributed by atoms with Crippen LogP contribution < -0.4 is 14.9 Å². The SMILES string of the molecule is COc1cc2ncnc(Nc3cccc(Cl)c3F)c2cc1O[N+]1(C(=O)Cc2cc(C)no2)CCCCC1. The van der Waals surface area contributed by atoms with E-state index in [1.165, 1.54) is 19.5 Å². The number of hydrogen-bond donors (Lipinski definition) is 1. The van der Waals surface area contributed by atoms with Crippen molar-refractivity contribution in [2.45, 2.75) is 32.6 Å². The summed E-state index contributed by atoms with van der Waals surface area (Å²) in [7, 11) is 1.52. The Bertz CT molecular complexity index is 1450. The van der Waals surface area contributed by atoms with Crippen LogP contribution in [0.4, 0.5) is 15.9 Å². The first-order chi connectivity index (χ1) is 17.9. The third-order valence-electron chi connectivity index (χ3n) is 6.39. The molecule has 4 aromatic rings. The number of nitrogens with zero attached hydrogens (tertiary/aromatic N) is 4. The molecular weight excluding hydrogens is 501 g/mol. The average Bonchev–Trinajstić information content (AvgIpc) is 3.31. The molecule has 9 nitrogen and oxygen atoms in total. The van der Waals surface area contributed by atoms with E-state index in [4.69, 9.17) is 25.7 Å². The molecule has 5 rings (SSSR count). The Kier molecular flexibility index (Phi) is 6.94. The second-order valence-corrected chi connectivity index (χ2v) is 9.37. The molecule has 2 aromatic heterocycles. The number of carbonyl (C=O) groups excluding carboxylic acids is 1. The summed E-state index contributed by atoms with van der Waals surface area (Å²) in [5.74, 6) is 0.880. The molecule has 0 saturated carbocycles. The van der Waals surface area contributed by atoms with E-state index < -0.39 is 5.82 Å². The molecule has 0 atom stereocenters. The van der Waals surface area contributed by atoms with E-state index in [0.717, 1.165) is 19.3 Å². The lowest BCUT2D eigenvalue weighted by Crippen LogP contribution is -2.58. The molecular formula is C26H26ClFN5O4+. The number of halogens is 2. The third-order valence-corrected chi connectivity index (χ3v) is 6.69. The van der Waals surface area contributed by atoms with Crippen LogP contribution >= 0.6 is 11.6 Å². The van der Waals surface area contributed by atoms with Crippen LogP contribution in [0.2, 0.25) is 5.02 Å². The smallest absolute Gasteiger partial charge is 0.362 e. The minimum Gasteiger partial charge on any atom is -0.492 e. The van der Waals surface area contributed by atoms with E-state index in [1.807, 2.05) is 6.92 Å². The summed E-state index contributed by atoms with van der Waals surface area (Å²) in [6.07, 6.45) is 4.11. The van der Waals surface area contributed by atoms with E-state index >= 15 is 0 Å². The summed E-state index contributed by atoms with van der Waals surface area (Å²) >= 11 is 5.95. The number of anilines is 2. The zero-order valence-electron chi connectivity index (χ0n) is 20.5. The Labute approximate surface area is 217 Å². The van der Waals surface area contributed by atoms with Crippen LogP contribution in [0.25, 0.3) is 10.9 Å². The Morgan fingerprint density at radius 3 is 2.70 bits per heavy atom. The number of fused-ring (bicyclic) bond motifs is 1. The Hall–Kier alpha value is -3.76. The highest BCUT2D eigenvalue weighted by molar-refractivity contribution is 6.31. The van der Waals surface area contributed by atoms with Gasteiger partial charge in [-0.15, -0.1) is 0 Å². The lowest BCUT2D eigenvalue weighted by molar-refractivity contribution is -1.02. The molecule has 1 N–H and O–H groups in total. The number of nitrogens with one attached hydrogen (secondary N) is 1. The highest BCUT2D eigenvalue weighted by Crippen LogP contribution is 2.38. The standard InChI is InChI=1S/C26H26ClFN5O4/c1-16-11-17(36-32-16)12-24(34)33(9-4-3-5-10-33)37-23-13-18-21(14-22(23)35-2)29-15-30-26(18)31-20-8-6-7-19(27)25(20)28/h6-8,11,13-15H,3-5,9-10,12H2,1-2H3,(H,29,30,31)/q+1. The average molecular weight is 527 g/mol. The predicted molar refractivity (Wildman–Crippen MR) is 135 cm³/mol. The van der Waals surface area contributed by atoms with Crippen molar-refractivity contribution in [3.63, 3.8) is 0 Å². The first-order valence-electron chi connectivity index (χ1n) is 11.9. The summed E-state index contributed by atoms with van der Waals surface area (Å²) in [5, 5.41) is 7.43. The zero-order valence-corrected chi connectivity index (χ0v) is 21.2. The number of methoxy groups -OCH3 is 1. The molecule has 192 valence electrons. The van der Waals surface area contributed by atoms with Crippen LogP contribution in [0.3, 0.4) is 0 Å². The molecule has 1 fully saturated rings. The number of aromatic nitrogens is 3. The number of amides is 1. The maximum atomic E-state index is 14.6. The van der Waals surface area contributed by atoms with Gasteiger partial charge in [-0.2, -0.15) is 0 Å². The van der Waals surface area contributed by atoms with E-state index in [2.05, 4.69) is 20.4 Å². The lowest BCUT2D eigenvalue weighted by Gasteiger charge is -2.36. The van der Waals surface area contributed by atoms with Crippen molar-refractivity contribution in [3.8, 4) is 11.5 Å². The minimum absolute atomic E-state index is 0.00828. The van der Waals surface area contributed by atoms with Crippen LogP contribution in [0, 0.1) is 12.7 Å². The minimum atomic E-state index is -0.591. The molecule has 2 aromatic carbocycles. The quantitative estimate of drug-likeness (QED) is 0.314. The Balaban J connectivity index is 1.53. The van der Waals surface area contributed by atoms with Gasteiger partial charge in [-0.3, -0.25) is 0 Å². The highest BCUT2D eigenvalue weighted by atomic mass is 35.5. The van der Waals surface area contributed by atoms with Crippen molar-refractivity contribution in [1.29, 1.82) is 0 Å². The fourth-order valence-corrected chi connectivity index (χ4v) is 4.69. The van der Waals surface area contributed by atoms with Crippen LogP contribution in [-0.2, 0) is 11.2 Å². The fourth-order valence-electron chi connectivity index (χ4n) is 4.52. The van der Waals surface area contributed by atoms with E-state index in [0.29, 0.717) is 52.8 Å². The molecule has 0 spiro atoms. The second kappa shape index (κ2) is 10.3. The van der Waals surface area contributed by atoms with Crippen LogP contribution in [-0.4, -0.2) is 45.9 Å². The third kappa shape index (κ3) is 5.07. The molecule has 1 saturated heterocycles. The first kappa shape index (κ1) is 24.9. The number of likely N-dealkylation sites (tertiary alicyclic amines) is 1. The van der Waals surface area contributed by atoms with Gasteiger partial charge in [0.1, 0.15) is 31.7 Å². The topological polar surface area (TPSA) is 99.4 Å². The van der Waals surface area contributed by atoms with Gasteiger partial charge in [-0.25, -0.2) is 19.2 Å². The molecule has 0 bridgehead atoms. The molecule has 3 heterocycles. The fraction of sp³-hybridized carbons (Fsp3) is 0.308. The molecule has 0 unspecified atom stereocenters. The molecule has 1 amide bonds. The largest absolute Gasteiger partial charge is 0.492 e. The van der Waals surface area contributed by atoms with Crippen molar-refractivity contribution in [1.82, 2.24) is 15.1 Å². The number of hydrogen-bond acceptors (Lipinski definition) is 8. The summed E-state index contributed by atoms with van der Waals surface area (Å²) in [5.41, 5.74) is 1.43. The van der Waals surface area contributed by atoms with E-state index in [-0.39, 0.29) is 27.7 Å². The van der Waals surface area contributed by atoms with Gasteiger partial charge in [0.25, 0.3) is 0 Å². The molecule has 0 aliphatic carbocycles. The number of hydroxylamine groups is 3. The highest BCUT2D eigenvalue weighted by Gasteiger charge is 2.43. The van der Waals surface area contributed by atoms with Gasteiger partial charge in [-0.05, 0) is 25.5 Å². The second-order valence-electron chi connectivity index (χ2n) is 8.96. The molecule has 11 heteroatoms. The van der Waals surface area contributed by atoms with Crippen molar-refractivity contribution in [3.05, 3.63) is 65.0 Å². The maximum absolute atomic E-state index is 14.6. The predicted octanol–water partition coefficient (Wildman–Crippen LogP) is 5.53. The summed E-state index contributed by atoms with van der Waals surface area (Å²) in [6.45, 7) is 2.83. The number of benzene rings is 2. The van der Waals surface area contributed by atoms with Crippen molar-refractivity contribution in [2.24, 2.45) is 0 Å². The van der Waals surface area contributed by atoms with Crippen molar-refractivity contribution >= 4 is 39.9 Å². The number of aryl methyl sites for hydroxylation is 1. The van der Waals surface area contributed by atoms with Gasteiger partial charge < -0.3 is 19.4 Å². The van der Waals surface area contributed by atoms with Crippen molar-refractivity contribution < 1.29 is 27.9 Å². The summed E-state index contributed by atoms with van der Waals surface area (Å²) < 4.78 is 25.3. The van der Waals surface area contributed by atoms with Crippen molar-refractivity contribution in [2.75, 3.05) is 25.5 Å². The van der Waals surface area contributed by atoms with Gasteiger partial charge in [0, 0.05) is 36.4 Å². The van der Waals surface area contributed by atoms with Gasteiger partial charge in [0.15, 0.2) is 17.3 Å². The van der Waals surface area contributed by atoms with E-state index in [1.54, 1.807) is 30.3 Å². The number of piperidine rings is 1. The molecule has 0 radical (unpaired) electrons. The molecule has 37 heavy (non-hydrogen) atoms. The first-order valence-corrected chi connectivity index (χ1v) is 12.3. The van der Waals surface area contributed by atoms with Crippen LogP contribution in [0.5, 0.6) is 11.5 Å². The zero-order chi connectivity index (χ0) is 26.0.